The summed E-state index contributed by atoms with van der Waals surface area (Å²) < 4.78 is 5.44. The Morgan fingerprint density at radius 1 is 1.38 bits per heavy atom. The molecule has 1 aliphatic heterocycles. The van der Waals surface area contributed by atoms with Crippen molar-refractivity contribution in [1.82, 2.24) is 15.3 Å². The van der Waals surface area contributed by atoms with E-state index < -0.39 is 5.91 Å². The third kappa shape index (κ3) is 2.77. The van der Waals surface area contributed by atoms with Gasteiger partial charge in [0.1, 0.15) is 23.7 Å². The number of fused-ring (bicyclic) bond motifs is 1. The van der Waals surface area contributed by atoms with Crippen molar-refractivity contribution in [2.45, 2.75) is 38.5 Å². The molecule has 2 amide bonds. The highest BCUT2D eigenvalue weighted by molar-refractivity contribution is 6.12. The smallest absolute Gasteiger partial charge is 0.260 e. The normalized spacial score (nSPS) is 17.0. The third-order valence-electron chi connectivity index (χ3n) is 4.30. The van der Waals surface area contributed by atoms with Gasteiger partial charge < -0.3 is 15.1 Å². The fourth-order valence-electron chi connectivity index (χ4n) is 2.96. The summed E-state index contributed by atoms with van der Waals surface area (Å²) in [6.45, 7) is 2.39. The molecule has 4 rings (SSSR count). The van der Waals surface area contributed by atoms with E-state index >= 15 is 0 Å². The Kier molecular flexibility index (Phi) is 3.55. The molecule has 1 aliphatic carbocycles. The second-order valence-electron chi connectivity index (χ2n) is 6.26. The van der Waals surface area contributed by atoms with Gasteiger partial charge in [-0.3, -0.25) is 9.59 Å². The fourth-order valence-corrected chi connectivity index (χ4v) is 2.96. The molecule has 0 bridgehead atoms. The van der Waals surface area contributed by atoms with Gasteiger partial charge in [-0.15, -0.1) is 0 Å². The van der Waals surface area contributed by atoms with Crippen LogP contribution in [0.25, 0.3) is 0 Å². The van der Waals surface area contributed by atoms with Gasteiger partial charge in [0.05, 0.1) is 11.1 Å². The quantitative estimate of drug-likeness (QED) is 0.901. The molecule has 2 N–H and O–H groups in total. The van der Waals surface area contributed by atoms with E-state index in [1.54, 1.807) is 13.0 Å². The first-order valence-corrected chi connectivity index (χ1v) is 8.17. The van der Waals surface area contributed by atoms with Gasteiger partial charge in [0.15, 0.2) is 0 Å². The van der Waals surface area contributed by atoms with E-state index in [1.807, 2.05) is 0 Å². The standard InChI is InChI=1S/C17H18N4O3/c1-9-19-12(10-4-5-10)7-14(20-9)21-16(22)11-8-24-13-3-2-6-18-17(23)15(11)13/h7-8,10H,2-6H2,1H3,(H,18,23)(H,19,20,21,22). The zero-order valence-electron chi connectivity index (χ0n) is 13.4. The number of hydrogen-bond donors (Lipinski definition) is 2. The van der Waals surface area contributed by atoms with Crippen molar-refractivity contribution >= 4 is 17.6 Å². The summed E-state index contributed by atoms with van der Waals surface area (Å²) in [6.07, 6.45) is 5.03. The van der Waals surface area contributed by atoms with Crippen molar-refractivity contribution in [1.29, 1.82) is 0 Å². The molecule has 2 aromatic heterocycles. The van der Waals surface area contributed by atoms with Gasteiger partial charge in [0, 0.05) is 30.6 Å². The zero-order valence-corrected chi connectivity index (χ0v) is 13.4. The largest absolute Gasteiger partial charge is 0.468 e. The first-order valence-electron chi connectivity index (χ1n) is 8.17. The molecule has 0 aromatic carbocycles. The van der Waals surface area contributed by atoms with Crippen molar-refractivity contribution in [2.75, 3.05) is 11.9 Å². The summed E-state index contributed by atoms with van der Waals surface area (Å²) in [5, 5.41) is 5.55. The molecule has 2 aliphatic rings. The number of aryl methyl sites for hydroxylation is 2. The highest BCUT2D eigenvalue weighted by Gasteiger charge is 2.28. The van der Waals surface area contributed by atoms with Crippen LogP contribution in [-0.2, 0) is 6.42 Å². The maximum atomic E-state index is 12.6. The Bertz CT molecular complexity index is 823. The van der Waals surface area contributed by atoms with Crippen LogP contribution < -0.4 is 10.6 Å². The number of anilines is 1. The second-order valence-corrected chi connectivity index (χ2v) is 6.26. The number of nitrogens with zero attached hydrogens (tertiary/aromatic N) is 2. The van der Waals surface area contributed by atoms with Crippen LogP contribution in [0.1, 0.15) is 63.2 Å². The van der Waals surface area contributed by atoms with Crippen molar-refractivity contribution in [3.05, 3.63) is 40.7 Å². The monoisotopic (exact) mass is 326 g/mol. The number of carbonyl (C=O) groups is 2. The maximum absolute atomic E-state index is 12.6. The summed E-state index contributed by atoms with van der Waals surface area (Å²) in [4.78, 5) is 33.5. The third-order valence-corrected chi connectivity index (χ3v) is 4.30. The lowest BCUT2D eigenvalue weighted by atomic mass is 10.1. The maximum Gasteiger partial charge on any atom is 0.260 e. The molecule has 0 spiro atoms. The summed E-state index contributed by atoms with van der Waals surface area (Å²) in [5.74, 6) is 1.46. The van der Waals surface area contributed by atoms with Crippen LogP contribution in [0.15, 0.2) is 16.7 Å². The van der Waals surface area contributed by atoms with Gasteiger partial charge >= 0.3 is 0 Å². The molecule has 2 aromatic rings. The summed E-state index contributed by atoms with van der Waals surface area (Å²) in [7, 11) is 0. The van der Waals surface area contributed by atoms with E-state index in [4.69, 9.17) is 4.42 Å². The lowest BCUT2D eigenvalue weighted by Crippen LogP contribution is -2.25. The van der Waals surface area contributed by atoms with E-state index in [2.05, 4.69) is 20.6 Å². The van der Waals surface area contributed by atoms with Gasteiger partial charge in [0.2, 0.25) is 0 Å². The minimum atomic E-state index is -0.392. The van der Waals surface area contributed by atoms with E-state index in [-0.39, 0.29) is 11.5 Å². The molecular weight excluding hydrogens is 308 g/mol. The van der Waals surface area contributed by atoms with Gasteiger partial charge in [-0.05, 0) is 26.2 Å². The SMILES string of the molecule is Cc1nc(NC(=O)c2coc3c2C(=O)NCCC3)cc(C2CC2)n1. The molecule has 0 unspecified atom stereocenters. The minimum Gasteiger partial charge on any atom is -0.468 e. The Hall–Kier alpha value is -2.70. The molecule has 0 radical (unpaired) electrons. The summed E-state index contributed by atoms with van der Waals surface area (Å²) >= 11 is 0. The lowest BCUT2D eigenvalue weighted by molar-refractivity contribution is 0.0943. The Morgan fingerprint density at radius 3 is 3.00 bits per heavy atom. The van der Waals surface area contributed by atoms with Gasteiger partial charge in [-0.1, -0.05) is 0 Å². The van der Waals surface area contributed by atoms with Gasteiger partial charge in [-0.25, -0.2) is 9.97 Å². The van der Waals surface area contributed by atoms with Crippen molar-refractivity contribution < 1.29 is 14.0 Å². The predicted octanol–water partition coefficient (Wildman–Crippen LogP) is 2.18. The fraction of sp³-hybridized carbons (Fsp3) is 0.412. The molecular formula is C17H18N4O3. The van der Waals surface area contributed by atoms with Gasteiger partial charge in [0.25, 0.3) is 11.8 Å². The van der Waals surface area contributed by atoms with Crippen LogP contribution >= 0.6 is 0 Å². The molecule has 1 saturated carbocycles. The number of furan rings is 1. The number of aromatic nitrogens is 2. The lowest BCUT2D eigenvalue weighted by Gasteiger charge is -2.07. The average molecular weight is 326 g/mol. The predicted molar refractivity (Wildman–Crippen MR) is 86.1 cm³/mol. The molecule has 3 heterocycles. The van der Waals surface area contributed by atoms with Crippen LogP contribution in [0.5, 0.6) is 0 Å². The number of rotatable bonds is 3. The minimum absolute atomic E-state index is 0.244. The molecule has 7 nitrogen and oxygen atoms in total. The van der Waals surface area contributed by atoms with Crippen LogP contribution in [0.2, 0.25) is 0 Å². The van der Waals surface area contributed by atoms with Crippen LogP contribution in [-0.4, -0.2) is 28.3 Å². The zero-order chi connectivity index (χ0) is 16.7. The van der Waals surface area contributed by atoms with Gasteiger partial charge in [-0.2, -0.15) is 0 Å². The van der Waals surface area contributed by atoms with Crippen molar-refractivity contribution in [3.8, 4) is 0 Å². The van der Waals surface area contributed by atoms with Crippen LogP contribution in [0.3, 0.4) is 0 Å². The highest BCUT2D eigenvalue weighted by Crippen LogP contribution is 2.39. The van der Waals surface area contributed by atoms with Crippen LogP contribution in [0, 0.1) is 6.92 Å². The molecule has 1 fully saturated rings. The Morgan fingerprint density at radius 2 is 2.21 bits per heavy atom. The Balaban J connectivity index is 1.61. The van der Waals surface area contributed by atoms with E-state index in [1.165, 1.54) is 6.26 Å². The number of nitrogens with one attached hydrogen (secondary N) is 2. The molecule has 24 heavy (non-hydrogen) atoms. The topological polar surface area (TPSA) is 97.1 Å². The highest BCUT2D eigenvalue weighted by atomic mass is 16.3. The molecule has 124 valence electrons. The van der Waals surface area contributed by atoms with E-state index in [0.717, 1.165) is 25.0 Å². The van der Waals surface area contributed by atoms with Crippen molar-refractivity contribution in [2.24, 2.45) is 0 Å². The number of amides is 2. The average Bonchev–Trinajstić information content (AvgIpc) is 3.32. The molecule has 0 atom stereocenters. The first kappa shape index (κ1) is 14.9. The first-order chi connectivity index (χ1) is 11.6. The van der Waals surface area contributed by atoms with Crippen LogP contribution in [0.4, 0.5) is 5.82 Å². The summed E-state index contributed by atoms with van der Waals surface area (Å²) in [6, 6.07) is 1.81. The molecule has 7 heteroatoms. The van der Waals surface area contributed by atoms with E-state index in [0.29, 0.717) is 41.8 Å². The number of carbonyl (C=O) groups excluding carboxylic acids is 2. The summed E-state index contributed by atoms with van der Waals surface area (Å²) in [5.41, 5.74) is 1.54. The second kappa shape index (κ2) is 5.74. The Labute approximate surface area is 138 Å². The number of hydrogen-bond acceptors (Lipinski definition) is 5. The van der Waals surface area contributed by atoms with E-state index in [9.17, 15) is 9.59 Å². The molecule has 0 saturated heterocycles. The van der Waals surface area contributed by atoms with Crippen molar-refractivity contribution in [3.63, 3.8) is 0 Å².